The lowest BCUT2D eigenvalue weighted by molar-refractivity contribution is -1.00. The maximum atomic E-state index is 11.2. The fourth-order valence-corrected chi connectivity index (χ4v) is 2.73. The molecule has 0 bridgehead atoms. The van der Waals surface area contributed by atoms with Crippen LogP contribution in [0.2, 0.25) is 0 Å². The van der Waals surface area contributed by atoms with Crippen LogP contribution >= 0.6 is 0 Å². The highest BCUT2D eigenvalue weighted by Gasteiger charge is 2.18. The Balaban J connectivity index is 1.58. The number of carbonyl (C=O) groups is 1. The molecule has 116 valence electrons. The molecule has 1 aliphatic rings. The van der Waals surface area contributed by atoms with Crippen LogP contribution in [0.15, 0.2) is 24.3 Å². The van der Waals surface area contributed by atoms with Crippen molar-refractivity contribution >= 4 is 5.78 Å². The number of unbranched alkanes of at least 4 members (excludes halogenated alkanes) is 1. The summed E-state index contributed by atoms with van der Waals surface area (Å²) in [6.07, 6.45) is 2.32. The predicted octanol–water partition coefficient (Wildman–Crippen LogP) is -0.539. The Kier molecular flexibility index (Phi) is 6.21. The molecule has 21 heavy (non-hydrogen) atoms. The summed E-state index contributed by atoms with van der Waals surface area (Å²) in [4.78, 5) is 14.6. The zero-order valence-corrected chi connectivity index (χ0v) is 13.3. The summed E-state index contributed by atoms with van der Waals surface area (Å²) in [5.41, 5.74) is 0.739. The zero-order chi connectivity index (χ0) is 15.1. The Morgan fingerprint density at radius 1 is 1.10 bits per heavy atom. The fourth-order valence-electron chi connectivity index (χ4n) is 2.73. The molecule has 4 nitrogen and oxygen atoms in total. The third-order valence-corrected chi connectivity index (χ3v) is 4.26. The first-order chi connectivity index (χ1) is 10.1. The molecule has 0 unspecified atom stereocenters. The molecule has 4 heteroatoms. The van der Waals surface area contributed by atoms with Gasteiger partial charge in [0.15, 0.2) is 5.78 Å². The van der Waals surface area contributed by atoms with E-state index in [9.17, 15) is 4.79 Å². The van der Waals surface area contributed by atoms with Crippen LogP contribution in [0, 0.1) is 0 Å². The summed E-state index contributed by atoms with van der Waals surface area (Å²) >= 11 is 0. The first-order valence-corrected chi connectivity index (χ1v) is 8.04. The van der Waals surface area contributed by atoms with E-state index in [1.165, 1.54) is 39.1 Å². The Bertz CT molecular complexity index is 437. The van der Waals surface area contributed by atoms with Crippen LogP contribution < -0.4 is 14.5 Å². The van der Waals surface area contributed by atoms with Gasteiger partial charge < -0.3 is 14.5 Å². The zero-order valence-electron chi connectivity index (χ0n) is 13.3. The summed E-state index contributed by atoms with van der Waals surface area (Å²) in [5.74, 6) is 0.953. The fraction of sp³-hybridized carbons (Fsp3) is 0.588. The Labute approximate surface area is 127 Å². The molecule has 1 heterocycles. The van der Waals surface area contributed by atoms with Crippen LogP contribution in [0.3, 0.4) is 0 Å². The number of hydrogen-bond acceptors (Lipinski definition) is 2. The number of quaternary nitrogens is 2. The number of rotatable bonds is 7. The number of carbonyl (C=O) groups excluding carboxylic acids is 1. The van der Waals surface area contributed by atoms with Gasteiger partial charge in [0, 0.05) is 5.56 Å². The molecule has 1 aromatic rings. The van der Waals surface area contributed by atoms with Crippen LogP contribution in [0.5, 0.6) is 5.75 Å². The predicted molar refractivity (Wildman–Crippen MR) is 83.4 cm³/mol. The molecular formula is C17H28N2O2+2. The molecule has 0 aliphatic carbocycles. The summed E-state index contributed by atoms with van der Waals surface area (Å²) in [6, 6.07) is 7.42. The third-order valence-electron chi connectivity index (χ3n) is 4.26. The number of likely N-dealkylation sites (N-methyl/N-ethyl adjacent to an activating group) is 1. The second-order valence-electron chi connectivity index (χ2n) is 6.09. The van der Waals surface area contributed by atoms with Gasteiger partial charge in [-0.15, -0.1) is 0 Å². The maximum absolute atomic E-state index is 11.2. The average Bonchev–Trinajstić information content (AvgIpc) is 2.49. The molecule has 0 atom stereocenters. The lowest BCUT2D eigenvalue weighted by atomic mass is 10.1. The summed E-state index contributed by atoms with van der Waals surface area (Å²) in [5, 5.41) is 0. The summed E-state index contributed by atoms with van der Waals surface area (Å²) in [6.45, 7) is 8.82. The van der Waals surface area contributed by atoms with Gasteiger partial charge in [0.25, 0.3) is 0 Å². The second kappa shape index (κ2) is 8.15. The van der Waals surface area contributed by atoms with Gasteiger partial charge in [0.1, 0.15) is 31.9 Å². The van der Waals surface area contributed by atoms with Crippen LogP contribution in [0.4, 0.5) is 0 Å². The molecule has 0 amide bonds. The molecular weight excluding hydrogens is 264 g/mol. The summed E-state index contributed by atoms with van der Waals surface area (Å²) < 4.78 is 5.72. The van der Waals surface area contributed by atoms with Gasteiger partial charge in [-0.1, -0.05) is 0 Å². The topological polar surface area (TPSA) is 35.2 Å². The smallest absolute Gasteiger partial charge is 0.159 e. The average molecular weight is 292 g/mol. The van der Waals surface area contributed by atoms with Gasteiger partial charge in [0.05, 0.1) is 20.2 Å². The minimum absolute atomic E-state index is 0.0959. The van der Waals surface area contributed by atoms with Crippen molar-refractivity contribution in [1.29, 1.82) is 0 Å². The first kappa shape index (κ1) is 16.0. The molecule has 1 aliphatic heterocycles. The molecule has 0 spiro atoms. The van der Waals surface area contributed by atoms with Crippen LogP contribution in [-0.4, -0.2) is 52.2 Å². The highest BCUT2D eigenvalue weighted by molar-refractivity contribution is 5.94. The summed E-state index contributed by atoms with van der Waals surface area (Å²) in [7, 11) is 2.28. The van der Waals surface area contributed by atoms with Gasteiger partial charge in [-0.2, -0.15) is 0 Å². The second-order valence-corrected chi connectivity index (χ2v) is 6.09. The molecule has 2 rings (SSSR count). The van der Waals surface area contributed by atoms with Crippen LogP contribution in [-0.2, 0) is 0 Å². The van der Waals surface area contributed by atoms with E-state index in [4.69, 9.17) is 4.74 Å². The van der Waals surface area contributed by atoms with Crippen LogP contribution in [0.1, 0.15) is 30.1 Å². The molecule has 1 saturated heterocycles. The van der Waals surface area contributed by atoms with E-state index < -0.39 is 0 Å². The Morgan fingerprint density at radius 3 is 2.38 bits per heavy atom. The van der Waals surface area contributed by atoms with Crippen molar-refractivity contribution in [2.75, 3.05) is 46.4 Å². The minimum atomic E-state index is 0.0959. The standard InChI is InChI=1S/C17H26N2O2/c1-15(20)16-5-7-17(8-6-16)21-14-4-3-9-19-12-10-18(2)11-13-19/h5-8H,3-4,9-14H2,1-2H3/p+2. The van der Waals surface area contributed by atoms with Crippen molar-refractivity contribution in [1.82, 2.24) is 0 Å². The van der Waals surface area contributed by atoms with E-state index in [2.05, 4.69) is 7.05 Å². The molecule has 1 aromatic carbocycles. The number of hydrogen-bond donors (Lipinski definition) is 2. The maximum Gasteiger partial charge on any atom is 0.159 e. The minimum Gasteiger partial charge on any atom is -0.494 e. The Morgan fingerprint density at radius 2 is 1.76 bits per heavy atom. The van der Waals surface area contributed by atoms with Gasteiger partial charge >= 0.3 is 0 Å². The van der Waals surface area contributed by atoms with Gasteiger partial charge in [-0.3, -0.25) is 4.79 Å². The van der Waals surface area contributed by atoms with Gasteiger partial charge in [0.2, 0.25) is 0 Å². The van der Waals surface area contributed by atoms with E-state index in [1.807, 2.05) is 24.3 Å². The Hall–Kier alpha value is -1.39. The lowest BCUT2D eigenvalue weighted by Gasteiger charge is -2.27. The van der Waals surface area contributed by atoms with E-state index in [-0.39, 0.29) is 5.78 Å². The van der Waals surface area contributed by atoms with Crippen molar-refractivity contribution < 1.29 is 19.3 Å². The molecule has 1 fully saturated rings. The van der Waals surface area contributed by atoms with Crippen molar-refractivity contribution in [3.05, 3.63) is 29.8 Å². The largest absolute Gasteiger partial charge is 0.494 e. The highest BCUT2D eigenvalue weighted by atomic mass is 16.5. The van der Waals surface area contributed by atoms with E-state index in [0.717, 1.165) is 24.3 Å². The van der Waals surface area contributed by atoms with Gasteiger partial charge in [-0.25, -0.2) is 0 Å². The molecule has 0 saturated carbocycles. The number of piperazine rings is 1. The van der Waals surface area contributed by atoms with Crippen molar-refractivity contribution in [2.45, 2.75) is 19.8 Å². The molecule has 2 N–H and O–H groups in total. The SMILES string of the molecule is CC(=O)c1ccc(OCCCC[NH+]2CC[NH+](C)CC2)cc1. The van der Waals surface area contributed by atoms with E-state index in [0.29, 0.717) is 0 Å². The van der Waals surface area contributed by atoms with Crippen molar-refractivity contribution in [3.8, 4) is 5.75 Å². The number of ketones is 1. The molecule has 0 aromatic heterocycles. The highest BCUT2D eigenvalue weighted by Crippen LogP contribution is 2.12. The van der Waals surface area contributed by atoms with Crippen LogP contribution in [0.25, 0.3) is 0 Å². The first-order valence-electron chi connectivity index (χ1n) is 8.04. The third kappa shape index (κ3) is 5.48. The van der Waals surface area contributed by atoms with Crippen molar-refractivity contribution in [3.63, 3.8) is 0 Å². The van der Waals surface area contributed by atoms with E-state index >= 15 is 0 Å². The van der Waals surface area contributed by atoms with E-state index in [1.54, 1.807) is 16.7 Å². The number of benzene rings is 1. The number of Topliss-reactive ketones (excluding diaryl/α,β-unsaturated/α-hetero) is 1. The lowest BCUT2D eigenvalue weighted by Crippen LogP contribution is -3.27. The number of nitrogens with one attached hydrogen (secondary N) is 2. The quantitative estimate of drug-likeness (QED) is 0.523. The molecule has 0 radical (unpaired) electrons. The monoisotopic (exact) mass is 292 g/mol. The normalized spacial score (nSPS) is 22.0. The van der Waals surface area contributed by atoms with Gasteiger partial charge in [-0.05, 0) is 44.0 Å². The van der Waals surface area contributed by atoms with Crippen molar-refractivity contribution in [2.24, 2.45) is 0 Å². The number of ether oxygens (including phenoxy) is 1.